The van der Waals surface area contributed by atoms with E-state index in [0.717, 1.165) is 68.0 Å². The number of likely N-dealkylation sites (N-methyl/N-ethyl adjacent to an activating group) is 1. The zero-order chi connectivity index (χ0) is 31.5. The van der Waals surface area contributed by atoms with E-state index in [-0.39, 0.29) is 5.82 Å². The number of nitrogens with one attached hydrogen (secondary N) is 3. The van der Waals surface area contributed by atoms with Gasteiger partial charge >= 0.3 is 0 Å². The van der Waals surface area contributed by atoms with E-state index in [2.05, 4.69) is 31.5 Å². The van der Waals surface area contributed by atoms with E-state index in [4.69, 9.17) is 9.47 Å². The van der Waals surface area contributed by atoms with Gasteiger partial charge in [0.25, 0.3) is 0 Å². The monoisotopic (exact) mass is 612 g/mol. The molecule has 0 spiro atoms. The van der Waals surface area contributed by atoms with Crippen LogP contribution in [0.3, 0.4) is 0 Å². The molecule has 4 heterocycles. The van der Waals surface area contributed by atoms with E-state index in [0.29, 0.717) is 24.7 Å². The van der Waals surface area contributed by atoms with Crippen LogP contribution in [0.2, 0.25) is 0 Å². The molecule has 0 atom stereocenters. The van der Waals surface area contributed by atoms with Gasteiger partial charge in [-0.3, -0.25) is 10.1 Å². The molecule has 8 nitrogen and oxygen atoms in total. The van der Waals surface area contributed by atoms with Crippen molar-refractivity contribution in [2.75, 3.05) is 32.6 Å². The molecule has 230 valence electrons. The quantitative estimate of drug-likeness (QED) is 0.147. The summed E-state index contributed by atoms with van der Waals surface area (Å²) in [5.74, 6) is 1.62. The third kappa shape index (κ3) is 6.27. The fourth-order valence-corrected chi connectivity index (χ4v) is 5.47. The second-order valence-electron chi connectivity index (χ2n) is 11.4. The highest BCUT2D eigenvalue weighted by atomic mass is 19.1. The Morgan fingerprint density at radius 1 is 0.848 bits per heavy atom. The van der Waals surface area contributed by atoms with Gasteiger partial charge in [-0.1, -0.05) is 42.5 Å². The lowest BCUT2D eigenvalue weighted by molar-refractivity contribution is 0.260. The number of aromatic nitrogens is 4. The molecule has 7 rings (SSSR count). The van der Waals surface area contributed by atoms with Gasteiger partial charge in [0, 0.05) is 41.5 Å². The molecule has 3 N–H and O–H groups in total. The van der Waals surface area contributed by atoms with Gasteiger partial charge in [0.05, 0.1) is 17.4 Å². The number of anilines is 1. The number of pyridine rings is 1. The van der Waals surface area contributed by atoms with Crippen LogP contribution >= 0.6 is 0 Å². The molecule has 0 unspecified atom stereocenters. The fourth-order valence-electron chi connectivity index (χ4n) is 5.47. The number of nitrogens with zero attached hydrogens (tertiary/aromatic N) is 3. The van der Waals surface area contributed by atoms with Crippen molar-refractivity contribution in [2.45, 2.75) is 6.61 Å². The van der Waals surface area contributed by atoms with E-state index < -0.39 is 0 Å². The summed E-state index contributed by atoms with van der Waals surface area (Å²) >= 11 is 0. The lowest BCUT2D eigenvalue weighted by Gasteiger charge is -2.13. The van der Waals surface area contributed by atoms with Crippen molar-refractivity contribution in [3.05, 3.63) is 132 Å². The first-order chi connectivity index (χ1) is 22.5. The van der Waals surface area contributed by atoms with E-state index in [1.54, 1.807) is 6.20 Å². The number of fused-ring (bicyclic) bond motifs is 2. The summed E-state index contributed by atoms with van der Waals surface area (Å²) in [6, 6.07) is 25.1. The molecule has 6 aromatic rings. The normalized spacial score (nSPS) is 12.5. The minimum Gasteiger partial charge on any atom is -0.492 e. The number of allylic oxidation sites excluding steroid dienone is 2. The SMILES string of the molecule is CN(C)CCOc1cc(F)cc(C2=CC=CNc3[nH]c(-c4n[nH]c5ccc(-c6cncc(OCc7ccccc7)c6)cc45)cc32)c1. The summed E-state index contributed by atoms with van der Waals surface area (Å²) < 4.78 is 26.7. The molecule has 0 bridgehead atoms. The van der Waals surface area contributed by atoms with Gasteiger partial charge in [-0.25, -0.2) is 4.39 Å². The van der Waals surface area contributed by atoms with E-state index in [9.17, 15) is 4.39 Å². The van der Waals surface area contributed by atoms with Crippen LogP contribution in [-0.4, -0.2) is 52.3 Å². The van der Waals surface area contributed by atoms with Crippen LogP contribution in [-0.2, 0) is 6.61 Å². The predicted octanol–water partition coefficient (Wildman–Crippen LogP) is 7.65. The largest absolute Gasteiger partial charge is 0.492 e. The summed E-state index contributed by atoms with van der Waals surface area (Å²) in [6.45, 7) is 1.66. The lowest BCUT2D eigenvalue weighted by atomic mass is 9.98. The second-order valence-corrected chi connectivity index (χ2v) is 11.4. The summed E-state index contributed by atoms with van der Waals surface area (Å²) in [4.78, 5) is 9.95. The summed E-state index contributed by atoms with van der Waals surface area (Å²) in [5.41, 5.74) is 7.98. The van der Waals surface area contributed by atoms with Crippen LogP contribution in [0.15, 0.2) is 110 Å². The molecule has 0 amide bonds. The smallest absolute Gasteiger partial charge is 0.138 e. The Balaban J connectivity index is 1.19. The standard InChI is InChI=1S/C37H33FN6O2/c1-44(2)13-14-45-29-16-26(15-28(38)19-29)31-9-6-12-40-37-32(31)20-35(41-37)36-33-18-25(10-11-34(33)42-43-36)27-17-30(22-39-21-27)46-23-24-7-4-3-5-8-24/h3-12,15-22,40-41H,13-14,23H2,1-2H3,(H,42,43). The first-order valence-corrected chi connectivity index (χ1v) is 15.1. The molecule has 3 aromatic carbocycles. The van der Waals surface area contributed by atoms with Gasteiger partial charge < -0.3 is 24.7 Å². The van der Waals surface area contributed by atoms with E-state index in [1.165, 1.54) is 12.1 Å². The third-order valence-corrected chi connectivity index (χ3v) is 7.80. The Morgan fingerprint density at radius 3 is 2.59 bits per heavy atom. The number of hydrogen-bond donors (Lipinski definition) is 3. The van der Waals surface area contributed by atoms with Crippen LogP contribution in [0.25, 0.3) is 39.0 Å². The van der Waals surface area contributed by atoms with Gasteiger partial charge in [-0.2, -0.15) is 5.10 Å². The topological polar surface area (TPSA) is 91.1 Å². The van der Waals surface area contributed by atoms with Crippen LogP contribution < -0.4 is 14.8 Å². The third-order valence-electron chi connectivity index (χ3n) is 7.80. The number of H-pyrrole nitrogens is 2. The molecule has 0 radical (unpaired) electrons. The number of hydrogen-bond acceptors (Lipinski definition) is 6. The van der Waals surface area contributed by atoms with Gasteiger partial charge in [0.1, 0.15) is 42.0 Å². The number of rotatable bonds is 10. The Hall–Kier alpha value is -5.67. The average molecular weight is 613 g/mol. The Labute approximate surface area is 266 Å². The molecular weight excluding hydrogens is 579 g/mol. The first kappa shape index (κ1) is 29.1. The second kappa shape index (κ2) is 12.7. The molecule has 9 heteroatoms. The van der Waals surface area contributed by atoms with Crippen LogP contribution in [0, 0.1) is 5.82 Å². The van der Waals surface area contributed by atoms with Crippen LogP contribution in [0.1, 0.15) is 16.7 Å². The van der Waals surface area contributed by atoms with Crippen molar-refractivity contribution < 1.29 is 13.9 Å². The summed E-state index contributed by atoms with van der Waals surface area (Å²) in [7, 11) is 3.95. The van der Waals surface area contributed by atoms with Gasteiger partial charge in [-0.15, -0.1) is 0 Å². The zero-order valence-corrected chi connectivity index (χ0v) is 25.5. The molecule has 0 saturated heterocycles. The van der Waals surface area contributed by atoms with Crippen molar-refractivity contribution in [3.8, 4) is 34.0 Å². The molecule has 46 heavy (non-hydrogen) atoms. The van der Waals surface area contributed by atoms with Gasteiger partial charge in [0.2, 0.25) is 0 Å². The number of aromatic amines is 2. The minimum atomic E-state index is -0.355. The number of ether oxygens (including phenoxy) is 2. The molecule has 0 saturated carbocycles. The molecule has 0 fully saturated rings. The van der Waals surface area contributed by atoms with Gasteiger partial charge in [-0.05, 0) is 78.8 Å². The average Bonchev–Trinajstić information content (AvgIpc) is 3.62. The van der Waals surface area contributed by atoms with Crippen molar-refractivity contribution in [1.82, 2.24) is 25.1 Å². The molecule has 0 aliphatic carbocycles. The van der Waals surface area contributed by atoms with Crippen molar-refractivity contribution in [2.24, 2.45) is 0 Å². The number of benzene rings is 3. The highest BCUT2D eigenvalue weighted by Gasteiger charge is 2.20. The zero-order valence-electron chi connectivity index (χ0n) is 25.5. The predicted molar refractivity (Wildman–Crippen MR) is 180 cm³/mol. The molecular formula is C37H33FN6O2. The van der Waals surface area contributed by atoms with Crippen molar-refractivity contribution >= 4 is 22.3 Å². The summed E-state index contributed by atoms with van der Waals surface area (Å²) in [5, 5.41) is 12.1. The molecule has 1 aliphatic heterocycles. The maximum Gasteiger partial charge on any atom is 0.138 e. The van der Waals surface area contributed by atoms with Gasteiger partial charge in [0.15, 0.2) is 0 Å². The van der Waals surface area contributed by atoms with E-state index in [1.807, 2.05) is 104 Å². The first-order valence-electron chi connectivity index (χ1n) is 15.1. The maximum absolute atomic E-state index is 14.8. The number of halogens is 1. The van der Waals surface area contributed by atoms with Crippen molar-refractivity contribution in [3.63, 3.8) is 0 Å². The minimum absolute atomic E-state index is 0.355. The summed E-state index contributed by atoms with van der Waals surface area (Å²) in [6.07, 6.45) is 9.28. The van der Waals surface area contributed by atoms with Crippen LogP contribution in [0.4, 0.5) is 10.2 Å². The maximum atomic E-state index is 14.8. The lowest BCUT2D eigenvalue weighted by Crippen LogP contribution is -2.19. The Bertz CT molecular complexity index is 2060. The highest BCUT2D eigenvalue weighted by molar-refractivity contribution is 5.97. The van der Waals surface area contributed by atoms with Crippen molar-refractivity contribution in [1.29, 1.82) is 0 Å². The Kier molecular flexibility index (Phi) is 8.05. The highest BCUT2D eigenvalue weighted by Crippen LogP contribution is 2.38. The molecule has 3 aromatic heterocycles. The van der Waals surface area contributed by atoms with E-state index >= 15 is 0 Å². The fraction of sp³-hybridized carbons (Fsp3) is 0.135. The van der Waals surface area contributed by atoms with Crippen LogP contribution in [0.5, 0.6) is 11.5 Å². The Morgan fingerprint density at radius 2 is 1.72 bits per heavy atom. The molecule has 1 aliphatic rings.